The van der Waals surface area contributed by atoms with Gasteiger partial charge in [-0.05, 0) is 56.6 Å². The van der Waals surface area contributed by atoms with Crippen LogP contribution in [0.5, 0.6) is 5.75 Å². The largest absolute Gasteiger partial charge is 0.463 e. The van der Waals surface area contributed by atoms with Crippen molar-refractivity contribution in [3.63, 3.8) is 0 Å². The maximum atomic E-state index is 12.1. The van der Waals surface area contributed by atoms with E-state index in [1.54, 1.807) is 38.6 Å². The Kier molecular flexibility index (Phi) is 9.94. The maximum absolute atomic E-state index is 12.1. The summed E-state index contributed by atoms with van der Waals surface area (Å²) in [5.74, 6) is 0.790. The lowest BCUT2D eigenvalue weighted by Gasteiger charge is -2.36. The van der Waals surface area contributed by atoms with Gasteiger partial charge in [0.1, 0.15) is 11.4 Å². The van der Waals surface area contributed by atoms with Crippen molar-refractivity contribution in [2.24, 2.45) is 0 Å². The van der Waals surface area contributed by atoms with Crippen LogP contribution in [-0.4, -0.2) is 32.5 Å². The van der Waals surface area contributed by atoms with Crippen LogP contribution in [0, 0.1) is 0 Å². The monoisotopic (exact) mass is 533 g/mol. The summed E-state index contributed by atoms with van der Waals surface area (Å²) < 4.78 is 36.9. The summed E-state index contributed by atoms with van der Waals surface area (Å²) >= 11 is 1.61. The van der Waals surface area contributed by atoms with Gasteiger partial charge in [-0.3, -0.25) is 9.11 Å². The van der Waals surface area contributed by atoms with Crippen molar-refractivity contribution in [3.8, 4) is 5.75 Å². The van der Waals surface area contributed by atoms with Crippen molar-refractivity contribution >= 4 is 28.5 Å². The fourth-order valence-corrected chi connectivity index (χ4v) is 6.70. The zero-order valence-electron chi connectivity index (χ0n) is 21.8. The Labute approximate surface area is 221 Å². The Balaban J connectivity index is 2.04. The first-order chi connectivity index (χ1) is 17.0. The smallest absolute Gasteiger partial charge is 0.334 e. The van der Waals surface area contributed by atoms with E-state index in [4.69, 9.17) is 9.47 Å². The molecule has 1 heterocycles. The van der Waals surface area contributed by atoms with Crippen LogP contribution in [0.25, 0.3) is 0 Å². The van der Waals surface area contributed by atoms with E-state index in [9.17, 15) is 13.9 Å². The topological polar surface area (TPSA) is 88.0 Å². The normalized spacial score (nSPS) is 20.4. The number of hydrogen-bond donors (Lipinski definition) is 3. The van der Waals surface area contributed by atoms with Gasteiger partial charge in [0.2, 0.25) is 0 Å². The molecule has 0 saturated carbocycles. The Morgan fingerprint density at radius 3 is 2.56 bits per heavy atom. The highest BCUT2D eigenvalue weighted by Crippen LogP contribution is 2.55. The summed E-state index contributed by atoms with van der Waals surface area (Å²) in [6.07, 6.45) is 6.21. The average Bonchev–Trinajstić information content (AvgIpc) is 2.91. The van der Waals surface area contributed by atoms with Crippen molar-refractivity contribution in [1.82, 2.24) is 4.72 Å². The SMILES string of the molecule is CCCCC1CC(c2ccccc2)c2cc(SCC)c(O/C=C/C(=O)OC(C)(C)C)cc2S(O)(O)N1. The van der Waals surface area contributed by atoms with Gasteiger partial charge >= 0.3 is 5.97 Å². The molecule has 0 saturated heterocycles. The predicted octanol–water partition coefficient (Wildman–Crippen LogP) is 7.74. The summed E-state index contributed by atoms with van der Waals surface area (Å²) in [5, 5.41) is 0. The van der Waals surface area contributed by atoms with Crippen molar-refractivity contribution in [2.75, 3.05) is 5.75 Å². The molecule has 1 aliphatic rings. The molecular formula is C28H39NO5S2. The first-order valence-electron chi connectivity index (χ1n) is 12.5. The van der Waals surface area contributed by atoms with Gasteiger partial charge in [0.15, 0.2) is 0 Å². The zero-order chi connectivity index (χ0) is 26.3. The maximum Gasteiger partial charge on any atom is 0.334 e. The van der Waals surface area contributed by atoms with Crippen molar-refractivity contribution in [3.05, 3.63) is 65.9 Å². The zero-order valence-corrected chi connectivity index (χ0v) is 23.5. The Morgan fingerprint density at radius 2 is 1.92 bits per heavy atom. The highest BCUT2D eigenvalue weighted by atomic mass is 32.3. The molecule has 0 spiro atoms. The second-order valence-corrected chi connectivity index (χ2v) is 13.0. The Bertz CT molecular complexity index is 1050. The van der Waals surface area contributed by atoms with E-state index in [2.05, 4.69) is 30.7 Å². The molecule has 3 N–H and O–H groups in total. The van der Waals surface area contributed by atoms with Gasteiger partial charge in [0.05, 0.1) is 22.1 Å². The van der Waals surface area contributed by atoms with Gasteiger partial charge < -0.3 is 9.47 Å². The molecule has 3 rings (SSSR count). The number of carbonyl (C=O) groups excluding carboxylic acids is 1. The van der Waals surface area contributed by atoms with Gasteiger partial charge in [-0.2, -0.15) is 0 Å². The molecule has 198 valence electrons. The third kappa shape index (κ3) is 7.76. The number of benzene rings is 2. The van der Waals surface area contributed by atoms with Gasteiger partial charge in [0.25, 0.3) is 0 Å². The number of carbonyl (C=O) groups is 1. The van der Waals surface area contributed by atoms with Gasteiger partial charge in [-0.25, -0.2) is 9.52 Å². The average molecular weight is 534 g/mol. The Morgan fingerprint density at radius 1 is 1.19 bits per heavy atom. The van der Waals surface area contributed by atoms with Crippen LogP contribution < -0.4 is 9.46 Å². The second-order valence-electron chi connectivity index (χ2n) is 9.93. The molecule has 6 nitrogen and oxygen atoms in total. The van der Waals surface area contributed by atoms with E-state index in [0.29, 0.717) is 10.6 Å². The molecule has 0 fully saturated rings. The first-order valence-corrected chi connectivity index (χ1v) is 15.0. The van der Waals surface area contributed by atoms with Gasteiger partial charge in [0, 0.05) is 18.0 Å². The van der Waals surface area contributed by atoms with E-state index in [-0.39, 0.29) is 12.0 Å². The molecule has 2 unspecified atom stereocenters. The Hall–Kier alpha value is -1.97. The van der Waals surface area contributed by atoms with Crippen LogP contribution in [0.3, 0.4) is 0 Å². The molecule has 0 aromatic heterocycles. The fourth-order valence-electron chi connectivity index (χ4n) is 4.32. The van der Waals surface area contributed by atoms with Crippen LogP contribution in [0.4, 0.5) is 0 Å². The molecule has 0 radical (unpaired) electrons. The van der Waals surface area contributed by atoms with E-state index < -0.39 is 22.3 Å². The number of fused-ring (bicyclic) bond motifs is 1. The summed E-state index contributed by atoms with van der Waals surface area (Å²) in [4.78, 5) is 13.4. The van der Waals surface area contributed by atoms with Crippen LogP contribution in [0.2, 0.25) is 0 Å². The first kappa shape index (κ1) is 28.6. The second kappa shape index (κ2) is 12.5. The summed E-state index contributed by atoms with van der Waals surface area (Å²) in [6, 6.07) is 13.9. The van der Waals surface area contributed by atoms with Crippen molar-refractivity contribution < 1.29 is 23.4 Å². The van der Waals surface area contributed by atoms with Crippen molar-refractivity contribution in [2.45, 2.75) is 87.7 Å². The minimum Gasteiger partial charge on any atom is -0.463 e. The predicted molar refractivity (Wildman–Crippen MR) is 149 cm³/mol. The third-order valence-corrected chi connectivity index (χ3v) is 8.37. The lowest BCUT2D eigenvalue weighted by molar-refractivity contribution is -0.148. The van der Waals surface area contributed by atoms with Crippen LogP contribution in [0.1, 0.15) is 77.3 Å². The summed E-state index contributed by atoms with van der Waals surface area (Å²) in [5.41, 5.74) is 1.44. The summed E-state index contributed by atoms with van der Waals surface area (Å²) in [6.45, 7) is 9.60. The number of nitrogens with one attached hydrogen (secondary N) is 1. The number of hydrogen-bond acceptors (Lipinski definition) is 7. The molecule has 0 bridgehead atoms. The number of rotatable bonds is 9. The van der Waals surface area contributed by atoms with Gasteiger partial charge in [-0.1, -0.05) is 57.0 Å². The number of ether oxygens (including phenoxy) is 2. The van der Waals surface area contributed by atoms with E-state index in [1.165, 1.54) is 12.3 Å². The van der Waals surface area contributed by atoms with Crippen LogP contribution >= 0.6 is 22.5 Å². The van der Waals surface area contributed by atoms with E-state index >= 15 is 0 Å². The molecule has 1 aliphatic heterocycles. The van der Waals surface area contributed by atoms with E-state index in [0.717, 1.165) is 47.5 Å². The third-order valence-electron chi connectivity index (χ3n) is 5.82. The fraction of sp³-hybridized carbons (Fsp3) is 0.464. The molecule has 8 heteroatoms. The molecule has 2 aromatic rings. The lowest BCUT2D eigenvalue weighted by atomic mass is 9.85. The summed E-state index contributed by atoms with van der Waals surface area (Å²) in [7, 11) is -3.27. The number of unbranched alkanes of at least 4 members (excludes halogenated alkanes) is 1. The standard InChI is InChI=1S/C28H39NO5S2/c1-6-8-14-21-17-22(20-12-10-9-11-13-20)23-18-25(35-7-2)24(19-26(23)36(31,32)29-21)33-16-15-27(30)34-28(3,4)5/h9-13,15-16,18-19,21-22,29,31-32H,6-8,14,17H2,1-5H3/b16-15+. The lowest BCUT2D eigenvalue weighted by Crippen LogP contribution is -2.31. The molecule has 36 heavy (non-hydrogen) atoms. The van der Waals surface area contributed by atoms with Crippen molar-refractivity contribution in [1.29, 1.82) is 0 Å². The minimum absolute atomic E-state index is 0.00629. The number of esters is 1. The van der Waals surface area contributed by atoms with Gasteiger partial charge in [-0.15, -0.1) is 22.5 Å². The highest BCUT2D eigenvalue weighted by molar-refractivity contribution is 8.22. The molecule has 0 aliphatic carbocycles. The van der Waals surface area contributed by atoms with Crippen LogP contribution in [-0.2, 0) is 9.53 Å². The quantitative estimate of drug-likeness (QED) is 0.131. The molecule has 2 atom stereocenters. The molecule has 0 amide bonds. The van der Waals surface area contributed by atoms with E-state index in [1.807, 2.05) is 24.3 Å². The molecule has 2 aromatic carbocycles. The minimum atomic E-state index is -3.27. The molecular weight excluding hydrogens is 494 g/mol. The van der Waals surface area contributed by atoms with Crippen LogP contribution in [0.15, 0.2) is 64.6 Å². The number of thioether (sulfide) groups is 1. The highest BCUT2D eigenvalue weighted by Gasteiger charge is 2.34.